The number of benzene rings is 2. The summed E-state index contributed by atoms with van der Waals surface area (Å²) in [4.78, 5) is 14.2. The van der Waals surface area contributed by atoms with Gasteiger partial charge in [0.15, 0.2) is 6.61 Å². The molecule has 2 aromatic carbocycles. The molecule has 0 aromatic heterocycles. The van der Waals surface area contributed by atoms with Crippen molar-refractivity contribution in [2.75, 3.05) is 19.7 Å². The number of phenolic OH excluding ortho intramolecular Hbond substituents is 1. The number of hydrogen-bond donors (Lipinski definition) is 1. The standard InChI is InChI=1S/C21H25NO3/c1-2-16-3-9-20(10-4-16)25-15-21(24)22-13-11-18(12-14-22)17-5-7-19(23)8-6-17/h3-10,18,23H,2,11-15H2,1H3. The predicted molar refractivity (Wildman–Crippen MR) is 98.0 cm³/mol. The fraction of sp³-hybridized carbons (Fsp3) is 0.381. The minimum Gasteiger partial charge on any atom is -0.508 e. The van der Waals surface area contributed by atoms with E-state index in [9.17, 15) is 9.90 Å². The molecule has 0 bridgehead atoms. The number of carbonyl (C=O) groups is 1. The Kier molecular flexibility index (Phi) is 5.59. The number of piperidine rings is 1. The number of hydrogen-bond acceptors (Lipinski definition) is 3. The van der Waals surface area contributed by atoms with Crippen LogP contribution in [0, 0.1) is 0 Å². The number of rotatable bonds is 5. The van der Waals surface area contributed by atoms with Crippen LogP contribution in [0.1, 0.15) is 36.8 Å². The molecule has 1 aliphatic rings. The van der Waals surface area contributed by atoms with Gasteiger partial charge < -0.3 is 14.7 Å². The van der Waals surface area contributed by atoms with E-state index in [4.69, 9.17) is 4.74 Å². The van der Waals surface area contributed by atoms with Gasteiger partial charge in [0.1, 0.15) is 11.5 Å². The van der Waals surface area contributed by atoms with E-state index < -0.39 is 0 Å². The van der Waals surface area contributed by atoms with E-state index in [0.29, 0.717) is 11.7 Å². The van der Waals surface area contributed by atoms with Crippen LogP contribution in [-0.4, -0.2) is 35.6 Å². The number of ether oxygens (including phenoxy) is 1. The highest BCUT2D eigenvalue weighted by Gasteiger charge is 2.24. The molecule has 0 aliphatic carbocycles. The molecule has 0 atom stereocenters. The van der Waals surface area contributed by atoms with Crippen LogP contribution in [0.4, 0.5) is 0 Å². The largest absolute Gasteiger partial charge is 0.508 e. The molecule has 2 aromatic rings. The van der Waals surface area contributed by atoms with Crippen molar-refractivity contribution in [1.82, 2.24) is 4.90 Å². The molecule has 1 N–H and O–H groups in total. The zero-order valence-electron chi connectivity index (χ0n) is 14.6. The third-order valence-electron chi connectivity index (χ3n) is 4.91. The Morgan fingerprint density at radius 3 is 2.32 bits per heavy atom. The fourth-order valence-corrected chi connectivity index (χ4v) is 3.27. The Morgan fingerprint density at radius 2 is 1.72 bits per heavy atom. The van der Waals surface area contributed by atoms with Gasteiger partial charge in [-0.15, -0.1) is 0 Å². The monoisotopic (exact) mass is 339 g/mol. The van der Waals surface area contributed by atoms with Gasteiger partial charge in [-0.2, -0.15) is 0 Å². The third-order valence-corrected chi connectivity index (χ3v) is 4.91. The maximum absolute atomic E-state index is 12.4. The van der Waals surface area contributed by atoms with E-state index in [1.807, 2.05) is 41.3 Å². The van der Waals surface area contributed by atoms with Crippen LogP contribution in [-0.2, 0) is 11.2 Å². The highest BCUT2D eigenvalue weighted by atomic mass is 16.5. The molecule has 0 saturated carbocycles. The van der Waals surface area contributed by atoms with Crippen molar-refractivity contribution in [3.63, 3.8) is 0 Å². The molecule has 0 spiro atoms. The molecular weight excluding hydrogens is 314 g/mol. The second kappa shape index (κ2) is 8.06. The minimum atomic E-state index is 0.0451. The smallest absolute Gasteiger partial charge is 0.260 e. The molecule has 4 heteroatoms. The van der Waals surface area contributed by atoms with E-state index in [2.05, 4.69) is 6.92 Å². The topological polar surface area (TPSA) is 49.8 Å². The predicted octanol–water partition coefficient (Wildman–Crippen LogP) is 3.74. The highest BCUT2D eigenvalue weighted by molar-refractivity contribution is 5.77. The average Bonchev–Trinajstić information content (AvgIpc) is 2.67. The van der Waals surface area contributed by atoms with Crippen molar-refractivity contribution in [3.8, 4) is 11.5 Å². The number of amides is 1. The number of likely N-dealkylation sites (tertiary alicyclic amines) is 1. The molecule has 0 unspecified atom stereocenters. The number of aromatic hydroxyl groups is 1. The summed E-state index contributed by atoms with van der Waals surface area (Å²) in [6, 6.07) is 15.3. The van der Waals surface area contributed by atoms with E-state index in [1.54, 1.807) is 12.1 Å². The van der Waals surface area contributed by atoms with Crippen molar-refractivity contribution >= 4 is 5.91 Å². The molecule has 1 heterocycles. The summed E-state index contributed by atoms with van der Waals surface area (Å²) in [5.41, 5.74) is 2.49. The van der Waals surface area contributed by atoms with E-state index in [0.717, 1.165) is 38.1 Å². The molecule has 4 nitrogen and oxygen atoms in total. The molecule has 132 valence electrons. The van der Waals surface area contributed by atoms with E-state index in [-0.39, 0.29) is 12.5 Å². The van der Waals surface area contributed by atoms with Gasteiger partial charge >= 0.3 is 0 Å². The number of nitrogens with zero attached hydrogens (tertiary/aromatic N) is 1. The van der Waals surface area contributed by atoms with Crippen molar-refractivity contribution in [2.24, 2.45) is 0 Å². The summed E-state index contributed by atoms with van der Waals surface area (Å²) in [6.07, 6.45) is 2.89. The van der Waals surface area contributed by atoms with Gasteiger partial charge in [0, 0.05) is 13.1 Å². The summed E-state index contributed by atoms with van der Waals surface area (Å²) in [6.45, 7) is 3.71. The van der Waals surface area contributed by atoms with Crippen LogP contribution in [0.3, 0.4) is 0 Å². The van der Waals surface area contributed by atoms with Crippen LogP contribution in [0.25, 0.3) is 0 Å². The summed E-state index contributed by atoms with van der Waals surface area (Å²) in [7, 11) is 0. The molecular formula is C21H25NO3. The normalized spacial score (nSPS) is 15.2. The van der Waals surface area contributed by atoms with Crippen LogP contribution >= 0.6 is 0 Å². The van der Waals surface area contributed by atoms with Crippen LogP contribution in [0.15, 0.2) is 48.5 Å². The molecule has 1 amide bonds. The first-order chi connectivity index (χ1) is 12.2. The molecule has 3 rings (SSSR count). The van der Waals surface area contributed by atoms with Crippen LogP contribution in [0.5, 0.6) is 11.5 Å². The van der Waals surface area contributed by atoms with Gasteiger partial charge in [0.05, 0.1) is 0 Å². The van der Waals surface area contributed by atoms with Gasteiger partial charge in [-0.1, -0.05) is 31.2 Å². The van der Waals surface area contributed by atoms with Gasteiger partial charge in [0.25, 0.3) is 5.91 Å². The number of phenols is 1. The molecule has 0 radical (unpaired) electrons. The van der Waals surface area contributed by atoms with E-state index in [1.165, 1.54) is 11.1 Å². The van der Waals surface area contributed by atoms with Gasteiger partial charge in [-0.25, -0.2) is 0 Å². The van der Waals surface area contributed by atoms with Gasteiger partial charge in [0.2, 0.25) is 0 Å². The molecule has 1 fully saturated rings. The lowest BCUT2D eigenvalue weighted by Crippen LogP contribution is -2.40. The van der Waals surface area contributed by atoms with Crippen molar-refractivity contribution in [3.05, 3.63) is 59.7 Å². The maximum Gasteiger partial charge on any atom is 0.260 e. The summed E-state index contributed by atoms with van der Waals surface area (Å²) in [5.74, 6) is 1.53. The first-order valence-corrected chi connectivity index (χ1v) is 8.94. The number of aryl methyl sites for hydroxylation is 1. The quantitative estimate of drug-likeness (QED) is 0.903. The Morgan fingerprint density at radius 1 is 1.08 bits per heavy atom. The Balaban J connectivity index is 1.47. The lowest BCUT2D eigenvalue weighted by atomic mass is 9.89. The highest BCUT2D eigenvalue weighted by Crippen LogP contribution is 2.29. The Bertz CT molecular complexity index is 686. The minimum absolute atomic E-state index is 0.0451. The van der Waals surface area contributed by atoms with Crippen molar-refractivity contribution in [1.29, 1.82) is 0 Å². The first-order valence-electron chi connectivity index (χ1n) is 8.94. The Hall–Kier alpha value is -2.49. The first kappa shape index (κ1) is 17.3. The lowest BCUT2D eigenvalue weighted by Gasteiger charge is -2.32. The second-order valence-corrected chi connectivity index (χ2v) is 6.53. The fourth-order valence-electron chi connectivity index (χ4n) is 3.27. The summed E-state index contributed by atoms with van der Waals surface area (Å²) in [5, 5.41) is 9.39. The van der Waals surface area contributed by atoms with Crippen LogP contribution in [0.2, 0.25) is 0 Å². The molecule has 25 heavy (non-hydrogen) atoms. The molecule has 1 aliphatic heterocycles. The zero-order chi connectivity index (χ0) is 17.6. The summed E-state index contributed by atoms with van der Waals surface area (Å²) >= 11 is 0. The van der Waals surface area contributed by atoms with Gasteiger partial charge in [-0.3, -0.25) is 4.79 Å². The zero-order valence-corrected chi connectivity index (χ0v) is 14.6. The van der Waals surface area contributed by atoms with Crippen molar-refractivity contribution in [2.45, 2.75) is 32.1 Å². The average molecular weight is 339 g/mol. The number of carbonyl (C=O) groups excluding carboxylic acids is 1. The summed E-state index contributed by atoms with van der Waals surface area (Å²) < 4.78 is 5.63. The van der Waals surface area contributed by atoms with Crippen molar-refractivity contribution < 1.29 is 14.6 Å². The SMILES string of the molecule is CCc1ccc(OCC(=O)N2CCC(c3ccc(O)cc3)CC2)cc1. The Labute approximate surface area is 149 Å². The van der Waals surface area contributed by atoms with Crippen LogP contribution < -0.4 is 4.74 Å². The van der Waals surface area contributed by atoms with Gasteiger partial charge in [-0.05, 0) is 60.6 Å². The van der Waals surface area contributed by atoms with E-state index >= 15 is 0 Å². The lowest BCUT2D eigenvalue weighted by molar-refractivity contribution is -0.134. The second-order valence-electron chi connectivity index (χ2n) is 6.53. The third kappa shape index (κ3) is 4.53. The maximum atomic E-state index is 12.4. The molecule has 1 saturated heterocycles.